The third kappa shape index (κ3) is 3.71. The Morgan fingerprint density at radius 1 is 1.47 bits per heavy atom. The number of rotatable bonds is 5. The molecule has 5 heteroatoms. The van der Waals surface area contributed by atoms with E-state index in [2.05, 4.69) is 29.1 Å². The zero-order chi connectivity index (χ0) is 11.3. The lowest BCUT2D eigenvalue weighted by Crippen LogP contribution is -2.31. The van der Waals surface area contributed by atoms with Crippen LogP contribution in [0.2, 0.25) is 0 Å². The van der Waals surface area contributed by atoms with Gasteiger partial charge in [-0.2, -0.15) is 0 Å². The fourth-order valence-electron chi connectivity index (χ4n) is 0.950. The van der Waals surface area contributed by atoms with Crippen molar-refractivity contribution in [1.82, 2.24) is 9.97 Å². The molecule has 84 valence electrons. The summed E-state index contributed by atoms with van der Waals surface area (Å²) in [7, 11) is 1.58. The van der Waals surface area contributed by atoms with Crippen LogP contribution in [0, 0.1) is 5.41 Å². The molecule has 0 aromatic carbocycles. The van der Waals surface area contributed by atoms with E-state index in [-0.39, 0.29) is 5.41 Å². The standard InChI is InChI=1S/C10H18N4O/c1-10(2,5-11)6-12-8-4-9(15-3)14-7-13-8/h4,7H,5-6,11H2,1-3H3,(H,12,13,14). The van der Waals surface area contributed by atoms with Gasteiger partial charge >= 0.3 is 0 Å². The number of nitrogens with two attached hydrogens (primary N) is 1. The van der Waals surface area contributed by atoms with Crippen LogP contribution in [-0.2, 0) is 0 Å². The molecule has 1 heterocycles. The van der Waals surface area contributed by atoms with Crippen LogP contribution in [-0.4, -0.2) is 30.2 Å². The lowest BCUT2D eigenvalue weighted by Gasteiger charge is -2.22. The Bertz CT molecular complexity index is 314. The van der Waals surface area contributed by atoms with Gasteiger partial charge in [-0.15, -0.1) is 0 Å². The summed E-state index contributed by atoms with van der Waals surface area (Å²) in [4.78, 5) is 8.01. The van der Waals surface area contributed by atoms with Gasteiger partial charge in [-0.25, -0.2) is 9.97 Å². The molecule has 0 fully saturated rings. The molecule has 0 saturated carbocycles. The maximum Gasteiger partial charge on any atom is 0.218 e. The van der Waals surface area contributed by atoms with Crippen molar-refractivity contribution in [3.63, 3.8) is 0 Å². The number of hydrogen-bond donors (Lipinski definition) is 2. The van der Waals surface area contributed by atoms with E-state index in [0.29, 0.717) is 12.4 Å². The monoisotopic (exact) mass is 210 g/mol. The van der Waals surface area contributed by atoms with Crippen molar-refractivity contribution >= 4 is 5.82 Å². The highest BCUT2D eigenvalue weighted by Crippen LogP contribution is 2.15. The molecule has 0 atom stereocenters. The molecule has 0 aliphatic heterocycles. The van der Waals surface area contributed by atoms with Gasteiger partial charge < -0.3 is 15.8 Å². The van der Waals surface area contributed by atoms with E-state index >= 15 is 0 Å². The molecular weight excluding hydrogens is 192 g/mol. The lowest BCUT2D eigenvalue weighted by molar-refractivity contribution is 0.395. The van der Waals surface area contributed by atoms with Gasteiger partial charge in [-0.05, 0) is 12.0 Å². The Balaban J connectivity index is 2.57. The quantitative estimate of drug-likeness (QED) is 0.754. The zero-order valence-corrected chi connectivity index (χ0v) is 9.45. The lowest BCUT2D eigenvalue weighted by atomic mass is 9.94. The predicted molar refractivity (Wildman–Crippen MR) is 59.9 cm³/mol. The molecule has 0 amide bonds. The number of anilines is 1. The van der Waals surface area contributed by atoms with Crippen LogP contribution in [0.25, 0.3) is 0 Å². The van der Waals surface area contributed by atoms with Crippen molar-refractivity contribution in [1.29, 1.82) is 0 Å². The Kier molecular flexibility index (Phi) is 3.85. The van der Waals surface area contributed by atoms with Crippen molar-refractivity contribution in [3.8, 4) is 5.88 Å². The maximum absolute atomic E-state index is 5.63. The SMILES string of the molecule is COc1cc(NCC(C)(C)CN)ncn1. The average Bonchev–Trinajstić information content (AvgIpc) is 2.27. The summed E-state index contributed by atoms with van der Waals surface area (Å²) in [6.45, 7) is 5.59. The van der Waals surface area contributed by atoms with Gasteiger partial charge in [0.15, 0.2) is 0 Å². The van der Waals surface area contributed by atoms with E-state index in [1.54, 1.807) is 13.2 Å². The number of ether oxygens (including phenoxy) is 1. The van der Waals surface area contributed by atoms with Gasteiger partial charge in [0.1, 0.15) is 12.1 Å². The summed E-state index contributed by atoms with van der Waals surface area (Å²) in [5, 5.41) is 3.20. The van der Waals surface area contributed by atoms with Crippen LogP contribution >= 0.6 is 0 Å². The van der Waals surface area contributed by atoms with E-state index in [0.717, 1.165) is 12.4 Å². The minimum Gasteiger partial charge on any atom is -0.481 e. The Morgan fingerprint density at radius 3 is 2.80 bits per heavy atom. The second-order valence-corrected chi connectivity index (χ2v) is 4.17. The molecule has 0 unspecified atom stereocenters. The van der Waals surface area contributed by atoms with Crippen molar-refractivity contribution in [3.05, 3.63) is 12.4 Å². The molecule has 0 aliphatic rings. The average molecular weight is 210 g/mol. The molecule has 1 aromatic rings. The largest absolute Gasteiger partial charge is 0.481 e. The predicted octanol–water partition coefficient (Wildman–Crippen LogP) is 0.882. The van der Waals surface area contributed by atoms with E-state index in [4.69, 9.17) is 10.5 Å². The van der Waals surface area contributed by atoms with Crippen LogP contribution in [0.15, 0.2) is 12.4 Å². The van der Waals surface area contributed by atoms with Crippen LogP contribution in [0.5, 0.6) is 5.88 Å². The first-order valence-corrected chi connectivity index (χ1v) is 4.87. The molecule has 0 aliphatic carbocycles. The summed E-state index contributed by atoms with van der Waals surface area (Å²) < 4.78 is 5.00. The fraction of sp³-hybridized carbons (Fsp3) is 0.600. The van der Waals surface area contributed by atoms with Gasteiger partial charge in [0.25, 0.3) is 0 Å². The molecule has 1 aromatic heterocycles. The minimum atomic E-state index is 0.0538. The summed E-state index contributed by atoms with van der Waals surface area (Å²) >= 11 is 0. The molecule has 0 radical (unpaired) electrons. The number of nitrogens with one attached hydrogen (secondary N) is 1. The van der Waals surface area contributed by atoms with E-state index in [9.17, 15) is 0 Å². The summed E-state index contributed by atoms with van der Waals surface area (Å²) in [5.74, 6) is 1.31. The topological polar surface area (TPSA) is 73.1 Å². The minimum absolute atomic E-state index is 0.0538. The van der Waals surface area contributed by atoms with Crippen molar-refractivity contribution in [2.24, 2.45) is 11.1 Å². The van der Waals surface area contributed by atoms with Crippen LogP contribution < -0.4 is 15.8 Å². The first-order valence-electron chi connectivity index (χ1n) is 4.87. The number of aromatic nitrogens is 2. The molecule has 3 N–H and O–H groups in total. The van der Waals surface area contributed by atoms with Gasteiger partial charge in [0.2, 0.25) is 5.88 Å². The first kappa shape index (κ1) is 11.7. The Morgan fingerprint density at radius 2 is 2.20 bits per heavy atom. The first-order chi connectivity index (χ1) is 7.07. The normalized spacial score (nSPS) is 11.2. The van der Waals surface area contributed by atoms with E-state index in [1.165, 1.54) is 6.33 Å². The van der Waals surface area contributed by atoms with Gasteiger partial charge in [0, 0.05) is 12.6 Å². The third-order valence-corrected chi connectivity index (χ3v) is 2.15. The van der Waals surface area contributed by atoms with Crippen LogP contribution in [0.4, 0.5) is 5.82 Å². The molecular formula is C10H18N4O. The van der Waals surface area contributed by atoms with Gasteiger partial charge in [-0.1, -0.05) is 13.8 Å². The zero-order valence-electron chi connectivity index (χ0n) is 9.45. The highest BCUT2D eigenvalue weighted by Gasteiger charge is 2.15. The molecule has 5 nitrogen and oxygen atoms in total. The van der Waals surface area contributed by atoms with E-state index < -0.39 is 0 Å². The second-order valence-electron chi connectivity index (χ2n) is 4.17. The third-order valence-electron chi connectivity index (χ3n) is 2.15. The Hall–Kier alpha value is -1.36. The number of nitrogens with zero attached hydrogens (tertiary/aromatic N) is 2. The van der Waals surface area contributed by atoms with Gasteiger partial charge in [0.05, 0.1) is 7.11 Å². The fourth-order valence-corrected chi connectivity index (χ4v) is 0.950. The summed E-state index contributed by atoms with van der Waals surface area (Å²) in [5.41, 5.74) is 5.68. The highest BCUT2D eigenvalue weighted by molar-refractivity contribution is 5.37. The van der Waals surface area contributed by atoms with E-state index in [1.807, 2.05) is 0 Å². The Labute approximate surface area is 90.1 Å². The van der Waals surface area contributed by atoms with Gasteiger partial charge in [-0.3, -0.25) is 0 Å². The van der Waals surface area contributed by atoms with Crippen molar-refractivity contribution < 1.29 is 4.74 Å². The van der Waals surface area contributed by atoms with Crippen LogP contribution in [0.1, 0.15) is 13.8 Å². The molecule has 0 saturated heterocycles. The van der Waals surface area contributed by atoms with Crippen molar-refractivity contribution in [2.45, 2.75) is 13.8 Å². The summed E-state index contributed by atoms with van der Waals surface area (Å²) in [6, 6.07) is 1.76. The maximum atomic E-state index is 5.63. The second kappa shape index (κ2) is 4.93. The number of hydrogen-bond acceptors (Lipinski definition) is 5. The number of methoxy groups -OCH3 is 1. The van der Waals surface area contributed by atoms with Crippen molar-refractivity contribution in [2.75, 3.05) is 25.5 Å². The molecule has 0 spiro atoms. The highest BCUT2D eigenvalue weighted by atomic mass is 16.5. The molecule has 0 bridgehead atoms. The van der Waals surface area contributed by atoms with Crippen LogP contribution in [0.3, 0.4) is 0 Å². The molecule has 15 heavy (non-hydrogen) atoms. The molecule has 1 rings (SSSR count). The smallest absolute Gasteiger partial charge is 0.218 e. The summed E-state index contributed by atoms with van der Waals surface area (Å²) in [6.07, 6.45) is 1.47.